The molecule has 0 heterocycles. The topological polar surface area (TPSA) is 9.23 Å². The van der Waals surface area contributed by atoms with Gasteiger partial charge in [0.25, 0.3) is 0 Å². The lowest BCUT2D eigenvalue weighted by Gasteiger charge is -2.36. The fraction of sp³-hybridized carbons (Fsp3) is 0.571. The van der Waals surface area contributed by atoms with Gasteiger partial charge < -0.3 is 4.43 Å². The minimum absolute atomic E-state index is 0.202. The number of benzene rings is 1. The Bertz CT molecular complexity index is 392. The molecule has 1 aromatic carbocycles. The van der Waals surface area contributed by atoms with Crippen molar-refractivity contribution in [2.24, 2.45) is 0 Å². The van der Waals surface area contributed by atoms with E-state index in [9.17, 15) is 4.39 Å². The summed E-state index contributed by atoms with van der Waals surface area (Å²) < 4.78 is 20.1. The van der Waals surface area contributed by atoms with E-state index in [4.69, 9.17) is 4.43 Å². The maximum atomic E-state index is 13.2. The van der Waals surface area contributed by atoms with E-state index in [1.54, 1.807) is 6.07 Å². The summed E-state index contributed by atoms with van der Waals surface area (Å²) in [5.41, 5.74) is 0.973. The molecule has 0 aliphatic rings. The fourth-order valence-corrected chi connectivity index (χ4v) is 2.95. The Balaban J connectivity index is 2.57. The van der Waals surface area contributed by atoms with Crippen molar-refractivity contribution in [1.82, 2.24) is 0 Å². The Hall–Kier alpha value is -0.193. The quantitative estimate of drug-likeness (QED) is 0.692. The largest absolute Gasteiger partial charge is 0.416 e. The van der Waals surface area contributed by atoms with E-state index in [0.29, 0.717) is 6.61 Å². The zero-order chi connectivity index (χ0) is 14.0. The Kier molecular flexibility index (Phi) is 5.15. The minimum Gasteiger partial charge on any atom is -0.416 e. The van der Waals surface area contributed by atoms with Gasteiger partial charge in [-0.1, -0.05) is 36.7 Å². The summed E-state index contributed by atoms with van der Waals surface area (Å²) in [6.45, 7) is 11.8. The lowest BCUT2D eigenvalue weighted by atomic mass is 10.2. The minimum atomic E-state index is -1.69. The zero-order valence-electron chi connectivity index (χ0n) is 11.8. The van der Waals surface area contributed by atoms with Crippen molar-refractivity contribution in [2.45, 2.75) is 45.3 Å². The van der Waals surface area contributed by atoms with Crippen LogP contribution in [0, 0.1) is 5.82 Å². The van der Waals surface area contributed by atoms with E-state index in [-0.39, 0.29) is 10.9 Å². The van der Waals surface area contributed by atoms with Crippen molar-refractivity contribution in [2.75, 3.05) is 6.61 Å². The molecule has 18 heavy (non-hydrogen) atoms. The maximum Gasteiger partial charge on any atom is 0.191 e. The van der Waals surface area contributed by atoms with Crippen molar-refractivity contribution < 1.29 is 8.82 Å². The second-order valence-electron chi connectivity index (χ2n) is 6.14. The van der Waals surface area contributed by atoms with Crippen molar-refractivity contribution in [3.05, 3.63) is 34.1 Å². The van der Waals surface area contributed by atoms with E-state index in [1.807, 2.05) is 6.07 Å². The van der Waals surface area contributed by atoms with Crippen molar-refractivity contribution in [3.63, 3.8) is 0 Å². The molecule has 0 saturated heterocycles. The molecule has 0 amide bonds. The predicted molar refractivity (Wildman–Crippen MR) is 81.0 cm³/mol. The Morgan fingerprint density at radius 1 is 1.22 bits per heavy atom. The Morgan fingerprint density at radius 3 is 2.33 bits per heavy atom. The van der Waals surface area contributed by atoms with Crippen LogP contribution in [0.15, 0.2) is 22.7 Å². The molecular weight excluding hydrogens is 311 g/mol. The average Bonchev–Trinajstić information content (AvgIpc) is 2.13. The van der Waals surface area contributed by atoms with E-state index < -0.39 is 8.32 Å². The number of rotatable bonds is 4. The molecule has 0 radical (unpaired) electrons. The predicted octanol–water partition coefficient (Wildman–Crippen LogP) is 5.15. The second kappa shape index (κ2) is 5.84. The van der Waals surface area contributed by atoms with Gasteiger partial charge in [-0.05, 0) is 48.3 Å². The lowest BCUT2D eigenvalue weighted by Crippen LogP contribution is -2.41. The van der Waals surface area contributed by atoms with Gasteiger partial charge >= 0.3 is 0 Å². The van der Waals surface area contributed by atoms with Gasteiger partial charge in [-0.15, -0.1) is 0 Å². The van der Waals surface area contributed by atoms with Gasteiger partial charge in [-0.25, -0.2) is 4.39 Å². The van der Waals surface area contributed by atoms with Crippen LogP contribution in [0.1, 0.15) is 26.3 Å². The van der Waals surface area contributed by atoms with Crippen LogP contribution in [0.5, 0.6) is 0 Å². The highest BCUT2D eigenvalue weighted by Crippen LogP contribution is 2.36. The molecule has 0 fully saturated rings. The lowest BCUT2D eigenvalue weighted by molar-refractivity contribution is 0.292. The van der Waals surface area contributed by atoms with Gasteiger partial charge in [0.2, 0.25) is 0 Å². The molecule has 0 saturated carbocycles. The van der Waals surface area contributed by atoms with Crippen molar-refractivity contribution in [1.29, 1.82) is 0 Å². The Labute approximate surface area is 119 Å². The van der Waals surface area contributed by atoms with E-state index in [2.05, 4.69) is 49.8 Å². The Morgan fingerprint density at radius 2 is 1.83 bits per heavy atom. The van der Waals surface area contributed by atoms with Gasteiger partial charge in [-0.3, -0.25) is 0 Å². The van der Waals surface area contributed by atoms with Crippen LogP contribution in [0.2, 0.25) is 18.1 Å². The zero-order valence-corrected chi connectivity index (χ0v) is 14.4. The monoisotopic (exact) mass is 332 g/mol. The fourth-order valence-electron chi connectivity index (χ4n) is 1.40. The SMILES string of the molecule is CC(C)(C)[Si](C)(C)OCCc1cc(F)cc(Br)c1. The van der Waals surface area contributed by atoms with Crippen molar-refractivity contribution in [3.8, 4) is 0 Å². The van der Waals surface area contributed by atoms with Crippen LogP contribution in [0.4, 0.5) is 4.39 Å². The summed E-state index contributed by atoms with van der Waals surface area (Å²) in [4.78, 5) is 0. The molecule has 0 spiro atoms. The first kappa shape index (κ1) is 15.9. The summed E-state index contributed by atoms with van der Waals surface area (Å²) in [5, 5.41) is 0.218. The van der Waals surface area contributed by atoms with Crippen LogP contribution >= 0.6 is 15.9 Å². The third kappa shape index (κ3) is 4.48. The molecule has 1 rings (SSSR count). The second-order valence-corrected chi connectivity index (χ2v) is 11.9. The molecule has 1 nitrogen and oxygen atoms in total. The smallest absolute Gasteiger partial charge is 0.191 e. The van der Waals surface area contributed by atoms with Gasteiger partial charge in [-0.2, -0.15) is 0 Å². The van der Waals surface area contributed by atoms with Crippen LogP contribution < -0.4 is 0 Å². The highest BCUT2D eigenvalue weighted by Gasteiger charge is 2.36. The number of hydrogen-bond acceptors (Lipinski definition) is 1. The highest BCUT2D eigenvalue weighted by atomic mass is 79.9. The van der Waals surface area contributed by atoms with Crippen LogP contribution in [0.3, 0.4) is 0 Å². The molecule has 0 aromatic heterocycles. The van der Waals surface area contributed by atoms with Gasteiger partial charge in [0, 0.05) is 11.1 Å². The molecule has 0 aliphatic heterocycles. The normalized spacial score (nSPS) is 12.8. The highest BCUT2D eigenvalue weighted by molar-refractivity contribution is 9.10. The average molecular weight is 333 g/mol. The van der Waals surface area contributed by atoms with Gasteiger partial charge in [0.15, 0.2) is 8.32 Å². The molecule has 0 bridgehead atoms. The number of hydrogen-bond donors (Lipinski definition) is 0. The summed E-state index contributed by atoms with van der Waals surface area (Å²) >= 11 is 3.30. The van der Waals surface area contributed by atoms with E-state index in [0.717, 1.165) is 16.5 Å². The van der Waals surface area contributed by atoms with E-state index >= 15 is 0 Å². The molecule has 0 atom stereocenters. The molecule has 102 valence electrons. The molecular formula is C14H22BrFOSi. The van der Waals surface area contributed by atoms with Crippen LogP contribution in [-0.2, 0) is 10.8 Å². The van der Waals surface area contributed by atoms with Gasteiger partial charge in [0.05, 0.1) is 0 Å². The van der Waals surface area contributed by atoms with Crippen molar-refractivity contribution >= 4 is 24.2 Å². The van der Waals surface area contributed by atoms with Crippen LogP contribution in [-0.4, -0.2) is 14.9 Å². The molecule has 1 aromatic rings. The molecule has 4 heteroatoms. The summed E-state index contributed by atoms with van der Waals surface area (Å²) in [6, 6.07) is 4.98. The first-order chi connectivity index (χ1) is 8.12. The summed E-state index contributed by atoms with van der Waals surface area (Å²) in [6.07, 6.45) is 0.753. The van der Waals surface area contributed by atoms with Gasteiger partial charge in [0.1, 0.15) is 5.82 Å². The molecule has 0 unspecified atom stereocenters. The van der Waals surface area contributed by atoms with E-state index in [1.165, 1.54) is 6.07 Å². The standard InChI is InChI=1S/C14H22BrFOSi/c1-14(2,3)18(4,5)17-7-6-11-8-12(15)10-13(16)9-11/h8-10H,6-7H2,1-5H3. The first-order valence-electron chi connectivity index (χ1n) is 6.21. The maximum absolute atomic E-state index is 13.2. The third-order valence-electron chi connectivity index (χ3n) is 3.58. The third-order valence-corrected chi connectivity index (χ3v) is 8.58. The number of halogens is 2. The summed E-state index contributed by atoms with van der Waals surface area (Å²) in [7, 11) is -1.69. The van der Waals surface area contributed by atoms with Crippen LogP contribution in [0.25, 0.3) is 0 Å². The molecule has 0 N–H and O–H groups in total. The summed E-state index contributed by atoms with van der Waals surface area (Å²) in [5.74, 6) is -0.202. The molecule has 0 aliphatic carbocycles. The first-order valence-corrected chi connectivity index (χ1v) is 9.91.